The van der Waals surface area contributed by atoms with Crippen LogP contribution in [0, 0.1) is 0 Å². The smallest absolute Gasteiger partial charge is 0.160 e. The van der Waals surface area contributed by atoms with Gasteiger partial charge in [0.15, 0.2) is 5.58 Å². The summed E-state index contributed by atoms with van der Waals surface area (Å²) in [5.41, 5.74) is 14.1. The Hall–Kier alpha value is -7.20. The minimum absolute atomic E-state index is 0.850. The first-order valence-corrected chi connectivity index (χ1v) is 20.1. The van der Waals surface area contributed by atoms with E-state index in [1.165, 1.54) is 31.3 Å². The van der Waals surface area contributed by atoms with Gasteiger partial charge in [-0.25, -0.2) is 0 Å². The number of para-hydroxylation sites is 1. The zero-order chi connectivity index (χ0) is 37.7. The Morgan fingerprint density at radius 1 is 0.351 bits per heavy atom. The molecule has 0 aliphatic heterocycles. The Labute approximate surface area is 335 Å². The van der Waals surface area contributed by atoms with Gasteiger partial charge in [-0.1, -0.05) is 152 Å². The molecule has 11 aromatic rings. The molecule has 57 heavy (non-hydrogen) atoms. The second kappa shape index (κ2) is 13.8. The third-order valence-electron chi connectivity index (χ3n) is 11.1. The molecule has 0 fully saturated rings. The Balaban J connectivity index is 1.14. The molecule has 0 unspecified atom stereocenters. The average Bonchev–Trinajstić information content (AvgIpc) is 3.87. The summed E-state index contributed by atoms with van der Waals surface area (Å²) in [4.78, 5) is 2.37. The van der Waals surface area contributed by atoms with Crippen LogP contribution in [0.2, 0.25) is 0 Å². The third-order valence-corrected chi connectivity index (χ3v) is 12.2. The van der Waals surface area contributed by atoms with Crippen molar-refractivity contribution in [2.75, 3.05) is 4.90 Å². The molecular weight excluding hydrogens is 711 g/mol. The maximum atomic E-state index is 6.92. The van der Waals surface area contributed by atoms with E-state index >= 15 is 0 Å². The van der Waals surface area contributed by atoms with E-state index in [0.717, 1.165) is 72.4 Å². The van der Waals surface area contributed by atoms with Gasteiger partial charge in [-0.2, -0.15) is 0 Å². The maximum absolute atomic E-state index is 6.92. The lowest BCUT2D eigenvalue weighted by molar-refractivity contribution is 0.669. The van der Waals surface area contributed by atoms with Crippen LogP contribution in [0.3, 0.4) is 0 Å². The average molecular weight is 746 g/mol. The minimum atomic E-state index is 0.850. The highest BCUT2D eigenvalue weighted by molar-refractivity contribution is 7.25. The van der Waals surface area contributed by atoms with Gasteiger partial charge in [-0.15, -0.1) is 11.3 Å². The topological polar surface area (TPSA) is 16.4 Å². The highest BCUT2D eigenvalue weighted by Gasteiger charge is 2.23. The lowest BCUT2D eigenvalue weighted by Gasteiger charge is -2.27. The second-order valence-electron chi connectivity index (χ2n) is 14.5. The van der Waals surface area contributed by atoms with Crippen molar-refractivity contribution >= 4 is 70.5 Å². The van der Waals surface area contributed by atoms with Crippen molar-refractivity contribution in [3.63, 3.8) is 0 Å². The van der Waals surface area contributed by atoms with E-state index in [4.69, 9.17) is 4.42 Å². The lowest BCUT2D eigenvalue weighted by atomic mass is 9.96. The molecule has 3 heteroatoms. The van der Waals surface area contributed by atoms with Crippen LogP contribution < -0.4 is 4.90 Å². The van der Waals surface area contributed by atoms with Crippen molar-refractivity contribution in [1.82, 2.24) is 0 Å². The Morgan fingerprint density at radius 2 is 0.912 bits per heavy atom. The summed E-state index contributed by atoms with van der Waals surface area (Å²) in [6.07, 6.45) is 0. The van der Waals surface area contributed by atoms with Crippen LogP contribution in [0.5, 0.6) is 0 Å². The fourth-order valence-electron chi connectivity index (χ4n) is 8.32. The molecule has 2 aromatic heterocycles. The van der Waals surface area contributed by atoms with E-state index in [2.05, 4.69) is 217 Å². The number of hydrogen-bond donors (Lipinski definition) is 0. The predicted molar refractivity (Wildman–Crippen MR) is 243 cm³/mol. The van der Waals surface area contributed by atoms with Gasteiger partial charge in [-0.3, -0.25) is 0 Å². The summed E-state index contributed by atoms with van der Waals surface area (Å²) >= 11 is 1.85. The molecule has 0 aliphatic rings. The van der Waals surface area contributed by atoms with Crippen LogP contribution in [-0.4, -0.2) is 0 Å². The Kier molecular flexibility index (Phi) is 8.04. The molecule has 0 N–H and O–H groups in total. The van der Waals surface area contributed by atoms with Gasteiger partial charge < -0.3 is 9.32 Å². The van der Waals surface area contributed by atoms with Gasteiger partial charge in [0, 0.05) is 42.3 Å². The summed E-state index contributed by atoms with van der Waals surface area (Å²) < 4.78 is 9.55. The Bertz CT molecular complexity index is 3160. The normalized spacial score (nSPS) is 11.5. The molecule has 0 aliphatic carbocycles. The number of benzene rings is 9. The van der Waals surface area contributed by atoms with Gasteiger partial charge in [-0.05, 0) is 105 Å². The summed E-state index contributed by atoms with van der Waals surface area (Å²) in [7, 11) is 0. The van der Waals surface area contributed by atoms with Crippen molar-refractivity contribution in [1.29, 1.82) is 0 Å². The molecule has 0 atom stereocenters. The zero-order valence-electron chi connectivity index (χ0n) is 31.0. The van der Waals surface area contributed by atoms with E-state index in [-0.39, 0.29) is 0 Å². The number of hydrogen-bond acceptors (Lipinski definition) is 3. The quantitative estimate of drug-likeness (QED) is 0.162. The molecule has 0 saturated carbocycles. The van der Waals surface area contributed by atoms with Crippen molar-refractivity contribution in [3.05, 3.63) is 212 Å². The van der Waals surface area contributed by atoms with E-state index in [1.807, 2.05) is 11.3 Å². The van der Waals surface area contributed by atoms with Crippen molar-refractivity contribution in [2.24, 2.45) is 0 Å². The van der Waals surface area contributed by atoms with Crippen LogP contribution in [0.25, 0.3) is 86.6 Å². The van der Waals surface area contributed by atoms with Crippen LogP contribution in [0.1, 0.15) is 0 Å². The van der Waals surface area contributed by atoms with Crippen LogP contribution >= 0.6 is 11.3 Å². The van der Waals surface area contributed by atoms with E-state index < -0.39 is 0 Å². The number of fused-ring (bicyclic) bond motifs is 6. The fourth-order valence-corrected chi connectivity index (χ4v) is 9.41. The molecule has 0 saturated heterocycles. The molecule has 268 valence electrons. The van der Waals surface area contributed by atoms with E-state index in [9.17, 15) is 0 Å². The molecule has 0 radical (unpaired) electrons. The first-order valence-electron chi connectivity index (χ1n) is 19.3. The lowest BCUT2D eigenvalue weighted by Crippen LogP contribution is -2.11. The predicted octanol–water partition coefficient (Wildman–Crippen LogP) is 16.1. The summed E-state index contributed by atoms with van der Waals surface area (Å²) in [5.74, 6) is 0. The molecule has 0 amide bonds. The maximum Gasteiger partial charge on any atom is 0.160 e. The van der Waals surface area contributed by atoms with Gasteiger partial charge in [0.05, 0.1) is 5.69 Å². The molecule has 9 aromatic carbocycles. The summed E-state index contributed by atoms with van der Waals surface area (Å²) in [5, 5.41) is 4.82. The highest BCUT2D eigenvalue weighted by Crippen LogP contribution is 2.47. The summed E-state index contributed by atoms with van der Waals surface area (Å²) in [6.45, 7) is 0. The third kappa shape index (κ3) is 5.88. The van der Waals surface area contributed by atoms with Crippen molar-refractivity contribution in [2.45, 2.75) is 0 Å². The monoisotopic (exact) mass is 745 g/mol. The van der Waals surface area contributed by atoms with Gasteiger partial charge in [0.2, 0.25) is 0 Å². The Morgan fingerprint density at radius 3 is 1.61 bits per heavy atom. The standard InChI is InChI=1S/C54H35NOS/c1-4-14-36(15-5-1)41-32-42(37-16-6-2-7-17-37)34-44(33-41)55(43-27-24-38(25-28-43)40-26-31-52-48(35-40)46-20-11-13-23-51(46)57-52)49-30-29-45(39-18-8-3-9-19-39)53-47-21-10-12-22-50(47)56-54(49)53/h1-35H. The fraction of sp³-hybridized carbons (Fsp3) is 0. The first-order chi connectivity index (χ1) is 28.2. The van der Waals surface area contributed by atoms with Crippen LogP contribution in [0.4, 0.5) is 17.1 Å². The number of nitrogens with zero attached hydrogens (tertiary/aromatic N) is 1. The summed E-state index contributed by atoms with van der Waals surface area (Å²) in [6, 6.07) is 76.3. The second-order valence-corrected chi connectivity index (χ2v) is 15.6. The van der Waals surface area contributed by atoms with Crippen LogP contribution in [0.15, 0.2) is 217 Å². The SMILES string of the molecule is c1ccc(-c2cc(-c3ccccc3)cc(N(c3ccc(-c4ccc5sc6ccccc6c5c4)cc3)c3ccc(-c4ccccc4)c4c3oc3ccccc34)c2)cc1. The van der Waals surface area contributed by atoms with Crippen molar-refractivity contribution < 1.29 is 4.42 Å². The number of anilines is 3. The van der Waals surface area contributed by atoms with E-state index in [1.54, 1.807) is 0 Å². The zero-order valence-corrected chi connectivity index (χ0v) is 31.8. The molecule has 0 bridgehead atoms. The minimum Gasteiger partial charge on any atom is -0.454 e. The van der Waals surface area contributed by atoms with Crippen molar-refractivity contribution in [3.8, 4) is 44.5 Å². The molecule has 2 heterocycles. The number of rotatable bonds is 7. The highest BCUT2D eigenvalue weighted by atomic mass is 32.1. The number of thiophene rings is 1. The molecular formula is C54H35NOS. The first kappa shape index (κ1) is 33.2. The molecule has 11 rings (SSSR count). The molecule has 2 nitrogen and oxygen atoms in total. The number of furan rings is 1. The van der Waals surface area contributed by atoms with Gasteiger partial charge >= 0.3 is 0 Å². The van der Waals surface area contributed by atoms with Crippen LogP contribution in [-0.2, 0) is 0 Å². The van der Waals surface area contributed by atoms with Gasteiger partial charge in [0.25, 0.3) is 0 Å². The van der Waals surface area contributed by atoms with E-state index in [0.29, 0.717) is 0 Å². The van der Waals surface area contributed by atoms with Gasteiger partial charge in [0.1, 0.15) is 5.58 Å². The largest absolute Gasteiger partial charge is 0.454 e. The molecule has 0 spiro atoms.